The summed E-state index contributed by atoms with van der Waals surface area (Å²) in [4.78, 5) is 0. The second-order valence-electron chi connectivity index (χ2n) is 3.56. The van der Waals surface area contributed by atoms with E-state index < -0.39 is 14.3 Å². The van der Waals surface area contributed by atoms with Crippen molar-refractivity contribution < 1.29 is 8.22 Å². The van der Waals surface area contributed by atoms with E-state index in [1.165, 1.54) is 18.2 Å². The van der Waals surface area contributed by atoms with Crippen LogP contribution >= 0.6 is 23.2 Å². The summed E-state index contributed by atoms with van der Waals surface area (Å²) in [6, 6.07) is 4.11. The Balaban J connectivity index is 3.10. The van der Waals surface area contributed by atoms with Crippen molar-refractivity contribution in [3.05, 3.63) is 28.2 Å². The lowest BCUT2D eigenvalue weighted by atomic mass is 10.3. The first-order valence-electron chi connectivity index (χ1n) is 4.73. The lowest BCUT2D eigenvalue weighted by Crippen LogP contribution is -2.42. The maximum atomic E-state index is 13.9. The fourth-order valence-corrected chi connectivity index (χ4v) is 3.36. The van der Waals surface area contributed by atoms with Crippen LogP contribution in [0.4, 0.5) is 8.22 Å². The lowest BCUT2D eigenvalue weighted by molar-refractivity contribution is 0.573. The Bertz CT molecular complexity index is 355. The first kappa shape index (κ1) is 12.9. The quantitative estimate of drug-likeness (QED) is 0.564. The van der Waals surface area contributed by atoms with Crippen molar-refractivity contribution in [3.8, 4) is 0 Å². The van der Waals surface area contributed by atoms with Gasteiger partial charge < -0.3 is 0 Å². The zero-order chi connectivity index (χ0) is 11.6. The summed E-state index contributed by atoms with van der Waals surface area (Å²) in [7, 11) is -4.38. The Labute approximate surface area is 99.6 Å². The van der Waals surface area contributed by atoms with E-state index in [1.54, 1.807) is 13.8 Å². The Kier molecular flexibility index (Phi) is 4.15. The molecule has 0 saturated carbocycles. The van der Waals surface area contributed by atoms with Gasteiger partial charge in [0.05, 0.1) is 10.0 Å². The average molecular weight is 269 g/mol. The molecular formula is C10H12Cl2F2Si. The molecule has 15 heavy (non-hydrogen) atoms. The highest BCUT2D eigenvalue weighted by Crippen LogP contribution is 2.29. The Morgan fingerprint density at radius 2 is 1.87 bits per heavy atom. The monoisotopic (exact) mass is 268 g/mol. The fourth-order valence-electron chi connectivity index (χ4n) is 1.24. The molecule has 0 saturated heterocycles. The van der Waals surface area contributed by atoms with Crippen molar-refractivity contribution >= 4 is 37.1 Å². The minimum absolute atomic E-state index is 0.0613. The molecule has 84 valence electrons. The van der Waals surface area contributed by atoms with Gasteiger partial charge in [0.1, 0.15) is 0 Å². The summed E-state index contributed by atoms with van der Waals surface area (Å²) < 4.78 is 27.8. The Hall–Kier alpha value is -0.123. The van der Waals surface area contributed by atoms with Crippen LogP contribution in [-0.4, -0.2) is 8.74 Å². The normalized spacial score (nSPS) is 14.0. The molecule has 5 heteroatoms. The van der Waals surface area contributed by atoms with Gasteiger partial charge >= 0.3 is 8.74 Å². The maximum Gasteiger partial charge on any atom is 0.458 e. The van der Waals surface area contributed by atoms with Gasteiger partial charge in [-0.3, -0.25) is 8.22 Å². The molecule has 0 fully saturated rings. The van der Waals surface area contributed by atoms with Gasteiger partial charge in [-0.15, -0.1) is 0 Å². The third kappa shape index (κ3) is 2.71. The van der Waals surface area contributed by atoms with Crippen molar-refractivity contribution in [2.45, 2.75) is 25.8 Å². The molecular weight excluding hydrogens is 257 g/mol. The molecule has 0 heterocycles. The van der Waals surface area contributed by atoms with Crippen molar-refractivity contribution in [2.24, 2.45) is 0 Å². The maximum absolute atomic E-state index is 13.9. The van der Waals surface area contributed by atoms with Crippen molar-refractivity contribution in [3.63, 3.8) is 0 Å². The summed E-state index contributed by atoms with van der Waals surface area (Å²) in [6.07, 6.45) is 0.472. The van der Waals surface area contributed by atoms with Crippen LogP contribution in [0.15, 0.2) is 18.2 Å². The molecule has 1 atom stereocenters. The summed E-state index contributed by atoms with van der Waals surface area (Å²) in [5.41, 5.74) is -0.574. The van der Waals surface area contributed by atoms with Crippen molar-refractivity contribution in [1.29, 1.82) is 0 Å². The predicted molar refractivity (Wildman–Crippen MR) is 63.8 cm³/mol. The summed E-state index contributed by atoms with van der Waals surface area (Å²) in [5.74, 6) is 0. The summed E-state index contributed by atoms with van der Waals surface area (Å²) in [5, 5.41) is 0.574. The van der Waals surface area contributed by atoms with Gasteiger partial charge in [0, 0.05) is 10.7 Å². The predicted octanol–water partition coefficient (Wildman–Crippen LogP) is 4.38. The second-order valence-corrected chi connectivity index (χ2v) is 7.18. The zero-order valence-electron chi connectivity index (χ0n) is 8.53. The molecule has 0 aliphatic heterocycles. The van der Waals surface area contributed by atoms with Gasteiger partial charge in [-0.25, -0.2) is 0 Å². The topological polar surface area (TPSA) is 0 Å². The van der Waals surface area contributed by atoms with Crippen LogP contribution < -0.4 is 5.19 Å². The molecule has 0 radical (unpaired) electrons. The van der Waals surface area contributed by atoms with Gasteiger partial charge in [-0.05, 0) is 12.1 Å². The molecule has 0 aliphatic rings. The SMILES string of the molecule is CCC(C)[Si](F)(F)c1ccc(Cl)c(Cl)c1. The zero-order valence-corrected chi connectivity index (χ0v) is 11.0. The highest BCUT2D eigenvalue weighted by atomic mass is 35.5. The van der Waals surface area contributed by atoms with E-state index in [-0.39, 0.29) is 10.2 Å². The van der Waals surface area contributed by atoms with Crippen LogP contribution in [-0.2, 0) is 0 Å². The molecule has 0 aromatic heterocycles. The lowest BCUT2D eigenvalue weighted by Gasteiger charge is -2.19. The third-order valence-corrected chi connectivity index (χ3v) is 6.00. The van der Waals surface area contributed by atoms with E-state index in [2.05, 4.69) is 0 Å². The van der Waals surface area contributed by atoms with E-state index in [0.29, 0.717) is 11.4 Å². The number of halogens is 4. The first-order chi connectivity index (χ1) is 6.89. The molecule has 1 rings (SSSR count). The van der Waals surface area contributed by atoms with Crippen LogP contribution in [0.3, 0.4) is 0 Å². The highest BCUT2D eigenvalue weighted by Gasteiger charge is 2.43. The number of hydrogen-bond donors (Lipinski definition) is 0. The molecule has 0 amide bonds. The molecule has 1 unspecified atom stereocenters. The van der Waals surface area contributed by atoms with E-state index in [0.717, 1.165) is 0 Å². The Morgan fingerprint density at radius 1 is 1.27 bits per heavy atom. The first-order valence-corrected chi connectivity index (χ1v) is 7.31. The number of rotatable bonds is 3. The highest BCUT2D eigenvalue weighted by molar-refractivity contribution is 6.81. The van der Waals surface area contributed by atoms with E-state index >= 15 is 0 Å². The molecule has 0 aliphatic carbocycles. The minimum atomic E-state index is -4.38. The van der Waals surface area contributed by atoms with Gasteiger partial charge in [-0.2, -0.15) is 0 Å². The van der Waals surface area contributed by atoms with Crippen LogP contribution in [0, 0.1) is 0 Å². The van der Waals surface area contributed by atoms with Crippen LogP contribution in [0.2, 0.25) is 15.6 Å². The summed E-state index contributed by atoms with van der Waals surface area (Å²) >= 11 is 11.4. The van der Waals surface area contributed by atoms with Gasteiger partial charge in [0.2, 0.25) is 0 Å². The molecule has 0 spiro atoms. The molecule has 1 aromatic rings. The van der Waals surface area contributed by atoms with Crippen LogP contribution in [0.5, 0.6) is 0 Å². The van der Waals surface area contributed by atoms with Crippen LogP contribution in [0.25, 0.3) is 0 Å². The number of hydrogen-bond acceptors (Lipinski definition) is 0. The van der Waals surface area contributed by atoms with Crippen LogP contribution in [0.1, 0.15) is 20.3 Å². The van der Waals surface area contributed by atoms with E-state index in [9.17, 15) is 8.22 Å². The smallest absolute Gasteiger partial charge is 0.264 e. The van der Waals surface area contributed by atoms with Crippen molar-refractivity contribution in [1.82, 2.24) is 0 Å². The van der Waals surface area contributed by atoms with Gasteiger partial charge in [-0.1, -0.05) is 49.5 Å². The standard InChI is InChI=1S/C10H12Cl2F2Si/c1-3-7(2)15(13,14)8-4-5-9(11)10(12)6-8/h4-7H,3H2,1-2H3. The third-order valence-electron chi connectivity index (χ3n) is 2.54. The van der Waals surface area contributed by atoms with Crippen molar-refractivity contribution in [2.75, 3.05) is 0 Å². The minimum Gasteiger partial charge on any atom is -0.264 e. The fraction of sp³-hybridized carbons (Fsp3) is 0.400. The number of benzene rings is 1. The van der Waals surface area contributed by atoms with Gasteiger partial charge in [0.15, 0.2) is 0 Å². The average Bonchev–Trinajstić information content (AvgIpc) is 2.20. The molecule has 1 aromatic carbocycles. The second kappa shape index (κ2) is 4.81. The molecule has 0 nitrogen and oxygen atoms in total. The largest absolute Gasteiger partial charge is 0.458 e. The van der Waals surface area contributed by atoms with E-state index in [1.807, 2.05) is 0 Å². The van der Waals surface area contributed by atoms with E-state index in [4.69, 9.17) is 23.2 Å². The van der Waals surface area contributed by atoms with Gasteiger partial charge in [0.25, 0.3) is 0 Å². The molecule has 0 N–H and O–H groups in total. The molecule has 0 bridgehead atoms. The Morgan fingerprint density at radius 3 is 2.33 bits per heavy atom. The summed E-state index contributed by atoms with van der Waals surface area (Å²) in [6.45, 7) is 3.35.